The van der Waals surface area contributed by atoms with Crippen LogP contribution < -0.4 is 5.73 Å². The average molecular weight is 249 g/mol. The molecule has 1 heterocycles. The van der Waals surface area contributed by atoms with E-state index in [4.69, 9.17) is 10.5 Å². The van der Waals surface area contributed by atoms with E-state index in [1.54, 1.807) is 13.3 Å². The van der Waals surface area contributed by atoms with Gasteiger partial charge in [-0.3, -0.25) is 4.90 Å². The zero-order valence-corrected chi connectivity index (χ0v) is 11.3. The summed E-state index contributed by atoms with van der Waals surface area (Å²) in [5.41, 5.74) is 7.03. The highest BCUT2D eigenvalue weighted by Gasteiger charge is 2.31. The van der Waals surface area contributed by atoms with Gasteiger partial charge in [-0.25, -0.2) is 4.98 Å². The van der Waals surface area contributed by atoms with Crippen LogP contribution >= 0.6 is 0 Å². The van der Waals surface area contributed by atoms with Crippen molar-refractivity contribution in [1.82, 2.24) is 9.88 Å². The SMILES string of the molecule is COCCN(Cc1cccnc1N)C(C)C1CC1. The molecule has 0 amide bonds. The van der Waals surface area contributed by atoms with E-state index in [0.29, 0.717) is 11.9 Å². The van der Waals surface area contributed by atoms with Gasteiger partial charge in [-0.2, -0.15) is 0 Å². The quantitative estimate of drug-likeness (QED) is 0.802. The summed E-state index contributed by atoms with van der Waals surface area (Å²) in [6, 6.07) is 4.60. The number of rotatable bonds is 7. The zero-order valence-electron chi connectivity index (χ0n) is 11.3. The Hall–Kier alpha value is -1.13. The summed E-state index contributed by atoms with van der Waals surface area (Å²) in [6.07, 6.45) is 4.45. The molecule has 1 unspecified atom stereocenters. The number of hydrogen-bond acceptors (Lipinski definition) is 4. The van der Waals surface area contributed by atoms with Crippen molar-refractivity contribution in [2.24, 2.45) is 5.92 Å². The highest BCUT2D eigenvalue weighted by Crippen LogP contribution is 2.35. The Morgan fingerprint density at radius 2 is 2.33 bits per heavy atom. The zero-order chi connectivity index (χ0) is 13.0. The Labute approximate surface area is 109 Å². The molecule has 18 heavy (non-hydrogen) atoms. The normalized spacial score (nSPS) is 17.1. The molecule has 0 saturated heterocycles. The first kappa shape index (κ1) is 13.3. The smallest absolute Gasteiger partial charge is 0.127 e. The van der Waals surface area contributed by atoms with E-state index in [1.807, 2.05) is 6.07 Å². The van der Waals surface area contributed by atoms with Gasteiger partial charge >= 0.3 is 0 Å². The van der Waals surface area contributed by atoms with Crippen molar-refractivity contribution < 1.29 is 4.74 Å². The first-order chi connectivity index (χ1) is 8.72. The number of aromatic nitrogens is 1. The lowest BCUT2D eigenvalue weighted by Crippen LogP contribution is -2.36. The van der Waals surface area contributed by atoms with E-state index >= 15 is 0 Å². The number of hydrogen-bond donors (Lipinski definition) is 1. The fourth-order valence-electron chi connectivity index (χ4n) is 2.32. The fourth-order valence-corrected chi connectivity index (χ4v) is 2.32. The molecular weight excluding hydrogens is 226 g/mol. The standard InChI is InChI=1S/C14H23N3O/c1-11(12-5-6-12)17(8-9-18-2)10-13-4-3-7-16-14(13)15/h3-4,7,11-12H,5-6,8-10H2,1-2H3,(H2,15,16). The van der Waals surface area contributed by atoms with Crippen LogP contribution in [0.2, 0.25) is 0 Å². The van der Waals surface area contributed by atoms with Crippen molar-refractivity contribution in [2.45, 2.75) is 32.4 Å². The number of methoxy groups -OCH3 is 1. The Bertz CT molecular complexity index is 379. The maximum absolute atomic E-state index is 5.92. The minimum absolute atomic E-state index is 0.597. The summed E-state index contributed by atoms with van der Waals surface area (Å²) in [4.78, 5) is 6.61. The number of nitrogens with two attached hydrogens (primary N) is 1. The van der Waals surface area contributed by atoms with Crippen LogP contribution in [0.1, 0.15) is 25.3 Å². The monoisotopic (exact) mass is 249 g/mol. The van der Waals surface area contributed by atoms with Crippen LogP contribution in [0.5, 0.6) is 0 Å². The summed E-state index contributed by atoms with van der Waals surface area (Å²) < 4.78 is 5.20. The number of anilines is 1. The molecule has 2 N–H and O–H groups in total. The van der Waals surface area contributed by atoms with Gasteiger partial charge in [0.05, 0.1) is 6.61 Å². The molecule has 100 valence electrons. The van der Waals surface area contributed by atoms with Crippen LogP contribution in [-0.2, 0) is 11.3 Å². The molecule has 0 radical (unpaired) electrons. The summed E-state index contributed by atoms with van der Waals surface area (Å²) in [6.45, 7) is 4.88. The van der Waals surface area contributed by atoms with E-state index in [-0.39, 0.29) is 0 Å². The van der Waals surface area contributed by atoms with Crippen LogP contribution in [0.3, 0.4) is 0 Å². The van der Waals surface area contributed by atoms with Gasteiger partial charge in [-0.1, -0.05) is 6.07 Å². The molecule has 1 saturated carbocycles. The number of nitrogen functional groups attached to an aromatic ring is 1. The van der Waals surface area contributed by atoms with Crippen LogP contribution in [-0.4, -0.2) is 36.2 Å². The van der Waals surface area contributed by atoms with E-state index in [0.717, 1.165) is 31.2 Å². The van der Waals surface area contributed by atoms with Gasteiger partial charge in [-0.15, -0.1) is 0 Å². The maximum Gasteiger partial charge on any atom is 0.127 e. The molecule has 0 aromatic carbocycles. The molecule has 0 spiro atoms. The van der Waals surface area contributed by atoms with Gasteiger partial charge in [0, 0.05) is 38.0 Å². The lowest BCUT2D eigenvalue weighted by Gasteiger charge is -2.29. The van der Waals surface area contributed by atoms with Crippen molar-refractivity contribution in [3.63, 3.8) is 0 Å². The lowest BCUT2D eigenvalue weighted by molar-refractivity contribution is 0.112. The molecule has 1 aliphatic rings. The molecule has 0 aliphatic heterocycles. The molecule has 1 aromatic rings. The second-order valence-corrected chi connectivity index (χ2v) is 5.09. The summed E-state index contributed by atoms with van der Waals surface area (Å²) in [5, 5.41) is 0. The third-order valence-corrected chi connectivity index (χ3v) is 3.76. The Kier molecular flexibility index (Phi) is 4.55. The van der Waals surface area contributed by atoms with Gasteiger partial charge < -0.3 is 10.5 Å². The molecule has 4 nitrogen and oxygen atoms in total. The Morgan fingerprint density at radius 3 is 2.94 bits per heavy atom. The van der Waals surface area contributed by atoms with E-state index in [2.05, 4.69) is 22.9 Å². The minimum atomic E-state index is 0.597. The topological polar surface area (TPSA) is 51.4 Å². The Balaban J connectivity index is 2.01. The molecule has 1 fully saturated rings. The van der Waals surface area contributed by atoms with Crippen LogP contribution in [0.25, 0.3) is 0 Å². The maximum atomic E-state index is 5.92. The molecule has 1 atom stereocenters. The fraction of sp³-hybridized carbons (Fsp3) is 0.643. The van der Waals surface area contributed by atoms with Crippen molar-refractivity contribution in [3.05, 3.63) is 23.9 Å². The molecule has 0 bridgehead atoms. The van der Waals surface area contributed by atoms with Crippen molar-refractivity contribution in [2.75, 3.05) is 26.0 Å². The second-order valence-electron chi connectivity index (χ2n) is 5.09. The molecule has 4 heteroatoms. The first-order valence-corrected chi connectivity index (χ1v) is 6.64. The van der Waals surface area contributed by atoms with Crippen LogP contribution in [0.4, 0.5) is 5.82 Å². The third kappa shape index (κ3) is 3.43. The van der Waals surface area contributed by atoms with Gasteiger partial charge in [-0.05, 0) is 31.7 Å². The van der Waals surface area contributed by atoms with Crippen LogP contribution in [0.15, 0.2) is 18.3 Å². The highest BCUT2D eigenvalue weighted by molar-refractivity contribution is 5.38. The van der Waals surface area contributed by atoms with Gasteiger partial charge in [0.15, 0.2) is 0 Å². The number of ether oxygens (including phenoxy) is 1. The average Bonchev–Trinajstić information content (AvgIpc) is 3.20. The summed E-state index contributed by atoms with van der Waals surface area (Å²) >= 11 is 0. The largest absolute Gasteiger partial charge is 0.383 e. The first-order valence-electron chi connectivity index (χ1n) is 6.64. The molecule has 1 aromatic heterocycles. The minimum Gasteiger partial charge on any atom is -0.383 e. The number of nitrogens with zero attached hydrogens (tertiary/aromatic N) is 2. The highest BCUT2D eigenvalue weighted by atomic mass is 16.5. The van der Waals surface area contributed by atoms with E-state index in [9.17, 15) is 0 Å². The van der Waals surface area contributed by atoms with Gasteiger partial charge in [0.25, 0.3) is 0 Å². The van der Waals surface area contributed by atoms with E-state index < -0.39 is 0 Å². The second kappa shape index (κ2) is 6.16. The molecule has 1 aliphatic carbocycles. The molecular formula is C14H23N3O. The van der Waals surface area contributed by atoms with Crippen molar-refractivity contribution in [3.8, 4) is 0 Å². The predicted molar refractivity (Wildman–Crippen MR) is 73.1 cm³/mol. The number of pyridine rings is 1. The van der Waals surface area contributed by atoms with Gasteiger partial charge in [0.2, 0.25) is 0 Å². The predicted octanol–water partition coefficient (Wildman–Crippen LogP) is 1.91. The molecule has 2 rings (SSSR count). The Morgan fingerprint density at radius 1 is 1.56 bits per heavy atom. The summed E-state index contributed by atoms with van der Waals surface area (Å²) in [7, 11) is 1.75. The van der Waals surface area contributed by atoms with Crippen molar-refractivity contribution in [1.29, 1.82) is 0 Å². The van der Waals surface area contributed by atoms with Gasteiger partial charge in [0.1, 0.15) is 5.82 Å². The van der Waals surface area contributed by atoms with Crippen molar-refractivity contribution >= 4 is 5.82 Å². The van der Waals surface area contributed by atoms with Crippen LogP contribution in [0, 0.1) is 5.92 Å². The van der Waals surface area contributed by atoms with E-state index in [1.165, 1.54) is 12.8 Å². The summed E-state index contributed by atoms with van der Waals surface area (Å²) in [5.74, 6) is 1.49. The third-order valence-electron chi connectivity index (χ3n) is 3.76. The lowest BCUT2D eigenvalue weighted by atomic mass is 10.1.